The number of aliphatic hydroxyl groups excluding tert-OH is 2. The average Bonchev–Trinajstić information content (AvgIpc) is 2.97. The number of rotatable bonds is 13. The van der Waals surface area contributed by atoms with E-state index in [0.29, 0.717) is 25.7 Å². The Morgan fingerprint density at radius 3 is 2.00 bits per heavy atom. The summed E-state index contributed by atoms with van der Waals surface area (Å²) in [5, 5.41) is 21.6. The number of Topliss-reactive ketones (excluding diaryl/α,β-unsaturated/α-hetero) is 1. The van der Waals surface area contributed by atoms with E-state index in [1.54, 1.807) is 7.05 Å². The van der Waals surface area contributed by atoms with Crippen LogP contribution in [-0.2, 0) is 9.59 Å². The highest BCUT2D eigenvalue weighted by Crippen LogP contribution is 2.33. The lowest BCUT2D eigenvalue weighted by Gasteiger charge is -2.15. The van der Waals surface area contributed by atoms with Gasteiger partial charge in [-0.3, -0.25) is 9.59 Å². The lowest BCUT2D eigenvalue weighted by atomic mass is 9.90. The molecule has 0 aromatic heterocycles. The molecule has 0 spiro atoms. The Bertz CT molecular complexity index is 372. The van der Waals surface area contributed by atoms with E-state index < -0.39 is 6.10 Å². The van der Waals surface area contributed by atoms with E-state index in [1.165, 1.54) is 19.3 Å². The molecular formula is C19H35NO4. The Labute approximate surface area is 146 Å². The van der Waals surface area contributed by atoms with Crippen molar-refractivity contribution in [2.75, 3.05) is 13.7 Å². The molecule has 3 atom stereocenters. The molecule has 0 aromatic rings. The Morgan fingerprint density at radius 2 is 1.46 bits per heavy atom. The normalized spacial score (nSPS) is 23.4. The minimum atomic E-state index is -0.417. The van der Waals surface area contributed by atoms with Crippen molar-refractivity contribution < 1.29 is 19.8 Å². The van der Waals surface area contributed by atoms with E-state index in [-0.39, 0.29) is 30.1 Å². The SMILES string of the molecule is CNC(=O)CCCCCCCCCCC(=O)C1C[C@H](O)C[C@H]1CO. The summed E-state index contributed by atoms with van der Waals surface area (Å²) in [6.45, 7) is 0.00732. The minimum absolute atomic E-state index is 0.00732. The maximum Gasteiger partial charge on any atom is 0.219 e. The number of carbonyl (C=O) groups excluding carboxylic acids is 2. The number of hydrogen-bond acceptors (Lipinski definition) is 4. The number of aliphatic hydroxyl groups is 2. The van der Waals surface area contributed by atoms with E-state index in [9.17, 15) is 19.8 Å². The Balaban J connectivity index is 1.95. The highest BCUT2D eigenvalue weighted by molar-refractivity contribution is 5.81. The fourth-order valence-corrected chi connectivity index (χ4v) is 3.65. The van der Waals surface area contributed by atoms with Crippen LogP contribution < -0.4 is 5.32 Å². The van der Waals surface area contributed by atoms with Gasteiger partial charge >= 0.3 is 0 Å². The second kappa shape index (κ2) is 12.4. The zero-order chi connectivity index (χ0) is 17.8. The predicted octanol–water partition coefficient (Wildman–Crippen LogP) is 2.58. The minimum Gasteiger partial charge on any atom is -0.396 e. The van der Waals surface area contributed by atoms with Crippen LogP contribution in [0, 0.1) is 11.8 Å². The van der Waals surface area contributed by atoms with Gasteiger partial charge in [-0.2, -0.15) is 0 Å². The number of hydrogen-bond donors (Lipinski definition) is 3. The van der Waals surface area contributed by atoms with Crippen molar-refractivity contribution >= 4 is 11.7 Å². The first kappa shape index (κ1) is 21.1. The van der Waals surface area contributed by atoms with E-state index in [0.717, 1.165) is 32.1 Å². The van der Waals surface area contributed by atoms with E-state index >= 15 is 0 Å². The topological polar surface area (TPSA) is 86.6 Å². The molecule has 24 heavy (non-hydrogen) atoms. The van der Waals surface area contributed by atoms with Crippen LogP contribution in [0.15, 0.2) is 0 Å². The van der Waals surface area contributed by atoms with Gasteiger partial charge in [0.1, 0.15) is 5.78 Å². The molecule has 1 amide bonds. The zero-order valence-electron chi connectivity index (χ0n) is 15.1. The molecule has 1 rings (SSSR count). The first-order valence-corrected chi connectivity index (χ1v) is 9.60. The Kier molecular flexibility index (Phi) is 10.9. The van der Waals surface area contributed by atoms with Crippen molar-refractivity contribution in [3.63, 3.8) is 0 Å². The van der Waals surface area contributed by atoms with Crippen LogP contribution >= 0.6 is 0 Å². The third kappa shape index (κ3) is 8.25. The molecule has 0 bridgehead atoms. The Morgan fingerprint density at radius 1 is 0.917 bits per heavy atom. The quantitative estimate of drug-likeness (QED) is 0.449. The highest BCUT2D eigenvalue weighted by atomic mass is 16.3. The fourth-order valence-electron chi connectivity index (χ4n) is 3.65. The maximum atomic E-state index is 12.2. The van der Waals surface area contributed by atoms with E-state index in [2.05, 4.69) is 5.32 Å². The van der Waals surface area contributed by atoms with Crippen LogP contribution in [0.5, 0.6) is 0 Å². The molecule has 0 radical (unpaired) electrons. The molecule has 1 unspecified atom stereocenters. The molecule has 1 aliphatic rings. The molecule has 1 saturated carbocycles. The van der Waals surface area contributed by atoms with Crippen molar-refractivity contribution in [3.05, 3.63) is 0 Å². The summed E-state index contributed by atoms with van der Waals surface area (Å²) in [6, 6.07) is 0. The van der Waals surface area contributed by atoms with Gasteiger partial charge in [0.2, 0.25) is 5.91 Å². The van der Waals surface area contributed by atoms with Crippen LogP contribution in [0.2, 0.25) is 0 Å². The van der Waals surface area contributed by atoms with Crippen molar-refractivity contribution in [2.24, 2.45) is 11.8 Å². The zero-order valence-corrected chi connectivity index (χ0v) is 15.1. The number of unbranched alkanes of at least 4 members (excludes halogenated alkanes) is 7. The fraction of sp³-hybridized carbons (Fsp3) is 0.895. The van der Waals surface area contributed by atoms with Crippen molar-refractivity contribution in [1.29, 1.82) is 0 Å². The van der Waals surface area contributed by atoms with Crippen LogP contribution in [0.4, 0.5) is 0 Å². The molecule has 0 heterocycles. The molecule has 5 heteroatoms. The summed E-state index contributed by atoms with van der Waals surface area (Å²) in [7, 11) is 1.67. The molecular weight excluding hydrogens is 306 g/mol. The summed E-state index contributed by atoms with van der Waals surface area (Å²) in [5.41, 5.74) is 0. The molecule has 1 fully saturated rings. The summed E-state index contributed by atoms with van der Waals surface area (Å²) in [4.78, 5) is 23.3. The first-order chi connectivity index (χ1) is 11.6. The summed E-state index contributed by atoms with van der Waals surface area (Å²) >= 11 is 0. The van der Waals surface area contributed by atoms with Crippen molar-refractivity contribution in [2.45, 2.75) is 83.2 Å². The van der Waals surface area contributed by atoms with Gasteiger partial charge in [-0.05, 0) is 31.6 Å². The largest absolute Gasteiger partial charge is 0.396 e. The number of carbonyl (C=O) groups is 2. The van der Waals surface area contributed by atoms with Gasteiger partial charge in [0.15, 0.2) is 0 Å². The second-order valence-corrected chi connectivity index (χ2v) is 7.14. The van der Waals surface area contributed by atoms with Crippen LogP contribution in [0.25, 0.3) is 0 Å². The highest BCUT2D eigenvalue weighted by Gasteiger charge is 2.36. The van der Waals surface area contributed by atoms with Crippen molar-refractivity contribution in [1.82, 2.24) is 5.32 Å². The van der Waals surface area contributed by atoms with Gasteiger partial charge in [-0.15, -0.1) is 0 Å². The van der Waals surface area contributed by atoms with Gasteiger partial charge in [-0.25, -0.2) is 0 Å². The average molecular weight is 341 g/mol. The van der Waals surface area contributed by atoms with E-state index in [1.807, 2.05) is 0 Å². The molecule has 0 saturated heterocycles. The standard InChI is InChI=1S/C19H35NO4/c1-20-19(24)11-9-7-5-3-2-4-6-8-10-18(23)17-13-16(22)12-15(17)14-21/h15-17,21-22H,2-14H2,1H3,(H,20,24)/t15-,16+,17?/m0/s1. The van der Waals surface area contributed by atoms with Crippen molar-refractivity contribution in [3.8, 4) is 0 Å². The van der Waals surface area contributed by atoms with Gasteiger partial charge in [-0.1, -0.05) is 38.5 Å². The summed E-state index contributed by atoms with van der Waals surface area (Å²) in [6.07, 6.45) is 10.7. The first-order valence-electron chi connectivity index (χ1n) is 9.60. The smallest absolute Gasteiger partial charge is 0.219 e. The third-order valence-corrected chi connectivity index (χ3v) is 5.17. The summed E-state index contributed by atoms with van der Waals surface area (Å²) < 4.78 is 0. The lowest BCUT2D eigenvalue weighted by Crippen LogP contribution is -2.21. The molecule has 1 aliphatic carbocycles. The van der Waals surface area contributed by atoms with Crippen LogP contribution in [0.1, 0.15) is 77.0 Å². The molecule has 5 nitrogen and oxygen atoms in total. The maximum absolute atomic E-state index is 12.2. The molecule has 140 valence electrons. The van der Waals surface area contributed by atoms with Gasteiger partial charge in [0.25, 0.3) is 0 Å². The monoisotopic (exact) mass is 341 g/mol. The number of amides is 1. The summed E-state index contributed by atoms with van der Waals surface area (Å²) in [5.74, 6) is 0.172. The van der Waals surface area contributed by atoms with Gasteiger partial charge in [0.05, 0.1) is 6.10 Å². The van der Waals surface area contributed by atoms with Gasteiger partial charge < -0.3 is 15.5 Å². The predicted molar refractivity (Wildman–Crippen MR) is 94.6 cm³/mol. The number of ketones is 1. The van der Waals surface area contributed by atoms with Crippen LogP contribution in [-0.4, -0.2) is 41.7 Å². The Hall–Kier alpha value is -0.940. The third-order valence-electron chi connectivity index (χ3n) is 5.17. The molecule has 0 aromatic carbocycles. The number of nitrogens with one attached hydrogen (secondary N) is 1. The lowest BCUT2D eigenvalue weighted by molar-refractivity contribution is -0.124. The molecule has 3 N–H and O–H groups in total. The van der Waals surface area contributed by atoms with Gasteiger partial charge in [0, 0.05) is 32.4 Å². The second-order valence-electron chi connectivity index (χ2n) is 7.14. The van der Waals surface area contributed by atoms with E-state index in [4.69, 9.17) is 0 Å². The molecule has 0 aliphatic heterocycles. The van der Waals surface area contributed by atoms with Crippen LogP contribution in [0.3, 0.4) is 0 Å².